The summed E-state index contributed by atoms with van der Waals surface area (Å²) in [4.78, 5) is 0. The highest BCUT2D eigenvalue weighted by atomic mass is 28.4. The van der Waals surface area contributed by atoms with Crippen LogP contribution in [0.15, 0.2) is 85.2 Å². The van der Waals surface area contributed by atoms with E-state index in [4.69, 9.17) is 17.7 Å². The Morgan fingerprint density at radius 3 is 1.69 bits per heavy atom. The predicted octanol–water partition coefficient (Wildman–Crippen LogP) is 4.56. The summed E-state index contributed by atoms with van der Waals surface area (Å²) >= 11 is 0. The van der Waals surface area contributed by atoms with Crippen LogP contribution < -0.4 is 10.4 Å². The van der Waals surface area contributed by atoms with Crippen molar-refractivity contribution in [2.75, 3.05) is 26.4 Å². The van der Waals surface area contributed by atoms with E-state index in [0.29, 0.717) is 26.4 Å². The Bertz CT molecular complexity index is 786. The molecular weight excluding hydrogens is 449 g/mol. The fourth-order valence-electron chi connectivity index (χ4n) is 3.11. The molecule has 0 bridgehead atoms. The van der Waals surface area contributed by atoms with Gasteiger partial charge in [0.25, 0.3) is 0 Å². The molecule has 0 amide bonds. The molecule has 0 aliphatic heterocycles. The van der Waals surface area contributed by atoms with Gasteiger partial charge in [-0.1, -0.05) is 72.1 Å². The maximum Gasteiger partial charge on any atom is 0.397 e. The van der Waals surface area contributed by atoms with Crippen LogP contribution in [-0.2, 0) is 17.7 Å². The molecule has 0 spiro atoms. The Morgan fingerprint density at radius 2 is 1.19 bits per heavy atom. The van der Waals surface area contributed by atoms with Crippen LogP contribution in [0.3, 0.4) is 0 Å². The first-order chi connectivity index (χ1) is 15.2. The number of ether oxygens (including phenoxy) is 1. The van der Waals surface area contributed by atoms with Gasteiger partial charge < -0.3 is 17.7 Å². The second-order valence-corrected chi connectivity index (χ2v) is 19.7. The molecule has 0 aromatic heterocycles. The van der Waals surface area contributed by atoms with Crippen molar-refractivity contribution in [2.45, 2.75) is 32.6 Å². The van der Waals surface area contributed by atoms with Crippen molar-refractivity contribution in [3.05, 3.63) is 85.2 Å². The summed E-state index contributed by atoms with van der Waals surface area (Å²) in [5.41, 5.74) is 3.91. The first-order valence-corrected chi connectivity index (χ1v) is 19.0. The maximum atomic E-state index is 6.91. The van der Waals surface area contributed by atoms with Crippen LogP contribution in [0.25, 0.3) is 0 Å². The van der Waals surface area contributed by atoms with Gasteiger partial charge in [-0.15, -0.1) is 13.2 Å². The Hall–Kier alpha value is -1.59. The molecule has 0 saturated carbocycles. The topological polar surface area (TPSA) is 36.9 Å². The van der Waals surface area contributed by atoms with Crippen LogP contribution in [-0.4, -0.2) is 51.6 Å². The third kappa shape index (κ3) is 8.08. The van der Waals surface area contributed by atoms with Gasteiger partial charge in [0, 0.05) is 13.2 Å². The molecule has 0 aliphatic carbocycles. The van der Waals surface area contributed by atoms with Crippen molar-refractivity contribution in [2.24, 2.45) is 0 Å². The normalized spacial score (nSPS) is 12.5. The minimum atomic E-state index is -2.90. The zero-order valence-electron chi connectivity index (χ0n) is 20.0. The minimum absolute atomic E-state index is 0.561. The van der Waals surface area contributed by atoms with Gasteiger partial charge in [0.2, 0.25) is 16.6 Å². The molecule has 2 rings (SSSR count). The van der Waals surface area contributed by atoms with Gasteiger partial charge in [-0.3, -0.25) is 0 Å². The Labute approximate surface area is 197 Å². The lowest BCUT2D eigenvalue weighted by molar-refractivity contribution is 0.0868. The van der Waals surface area contributed by atoms with Crippen molar-refractivity contribution < 1.29 is 17.7 Å². The predicted molar refractivity (Wildman–Crippen MR) is 142 cm³/mol. The quantitative estimate of drug-likeness (QED) is 0.273. The Balaban J connectivity index is 2.09. The summed E-state index contributed by atoms with van der Waals surface area (Å²) in [6, 6.07) is 20.7. The summed E-state index contributed by atoms with van der Waals surface area (Å²) in [5, 5.41) is 2.22. The van der Waals surface area contributed by atoms with Crippen LogP contribution in [0.5, 0.6) is 0 Å². The number of rotatable bonds is 15. The maximum absolute atomic E-state index is 6.91. The number of benzene rings is 2. The average Bonchev–Trinajstić information content (AvgIpc) is 2.81. The molecule has 7 heteroatoms. The smallest absolute Gasteiger partial charge is 0.397 e. The summed E-state index contributed by atoms with van der Waals surface area (Å²) in [5.74, 6) is 0. The second-order valence-electron chi connectivity index (χ2n) is 8.73. The molecule has 32 heavy (non-hydrogen) atoms. The lowest BCUT2D eigenvalue weighted by Crippen LogP contribution is -2.67. The fraction of sp³-hybridized carbons (Fsp3) is 0.360. The van der Waals surface area contributed by atoms with E-state index in [0.717, 1.165) is 16.8 Å². The van der Waals surface area contributed by atoms with E-state index in [1.54, 1.807) is 0 Å². The lowest BCUT2D eigenvalue weighted by atomic mass is 10.4. The van der Waals surface area contributed by atoms with E-state index in [1.165, 1.54) is 0 Å². The zero-order valence-corrected chi connectivity index (χ0v) is 23.0. The molecule has 0 heterocycles. The SMILES string of the molecule is C=C[Si](C)(C)OCCOCCCO[Si](O[Si](C)(C)C=C)(c1ccccc1)c1ccccc1. The molecule has 2 aromatic carbocycles. The van der Waals surface area contributed by atoms with E-state index >= 15 is 0 Å². The van der Waals surface area contributed by atoms with E-state index in [2.05, 4.69) is 63.6 Å². The molecule has 0 radical (unpaired) electrons. The standard InChI is InChI=1S/C25H38O4Si3/c1-7-30(3,4)27-23-22-26-20-15-21-28-32(29-31(5,6)8-2,24-16-11-9-12-17-24)25-18-13-10-14-19-25/h7-14,16-19H,1-2,15,20-23H2,3-6H3. The van der Waals surface area contributed by atoms with Gasteiger partial charge in [0.1, 0.15) is 0 Å². The highest BCUT2D eigenvalue weighted by Crippen LogP contribution is 2.18. The van der Waals surface area contributed by atoms with Crippen molar-refractivity contribution in [3.63, 3.8) is 0 Å². The van der Waals surface area contributed by atoms with Crippen molar-refractivity contribution in [1.82, 2.24) is 0 Å². The molecule has 174 valence electrons. The summed E-state index contributed by atoms with van der Waals surface area (Å²) < 4.78 is 25.3. The van der Waals surface area contributed by atoms with E-state index in [-0.39, 0.29) is 0 Å². The third-order valence-corrected chi connectivity index (χ3v) is 14.1. The van der Waals surface area contributed by atoms with E-state index in [1.807, 2.05) is 47.8 Å². The lowest BCUT2D eigenvalue weighted by Gasteiger charge is -2.37. The van der Waals surface area contributed by atoms with Crippen molar-refractivity contribution in [3.8, 4) is 0 Å². The highest BCUT2D eigenvalue weighted by Gasteiger charge is 2.46. The number of hydrogen-bond acceptors (Lipinski definition) is 4. The molecule has 2 aromatic rings. The highest BCUT2D eigenvalue weighted by molar-refractivity contribution is 6.99. The molecular formula is C25H38O4Si3. The molecule has 0 aliphatic rings. The first-order valence-electron chi connectivity index (χ1n) is 11.2. The zero-order chi connectivity index (χ0) is 23.5. The summed E-state index contributed by atoms with van der Waals surface area (Å²) in [7, 11) is -6.78. The van der Waals surface area contributed by atoms with Gasteiger partial charge >= 0.3 is 8.56 Å². The van der Waals surface area contributed by atoms with Gasteiger partial charge in [-0.2, -0.15) is 0 Å². The van der Waals surface area contributed by atoms with Crippen molar-refractivity contribution in [1.29, 1.82) is 0 Å². The monoisotopic (exact) mass is 486 g/mol. The summed E-state index contributed by atoms with van der Waals surface area (Å²) in [6.07, 6.45) is 0.788. The van der Waals surface area contributed by atoms with Crippen LogP contribution in [0.4, 0.5) is 0 Å². The van der Waals surface area contributed by atoms with Crippen molar-refractivity contribution >= 4 is 35.6 Å². The molecule has 0 N–H and O–H groups in total. The molecule has 0 saturated heterocycles. The second kappa shape index (κ2) is 12.6. The van der Waals surface area contributed by atoms with Crippen LogP contribution in [0.1, 0.15) is 6.42 Å². The van der Waals surface area contributed by atoms with Crippen LogP contribution in [0, 0.1) is 0 Å². The molecule has 0 atom stereocenters. The molecule has 4 nitrogen and oxygen atoms in total. The first kappa shape index (κ1) is 26.7. The van der Waals surface area contributed by atoms with Crippen LogP contribution >= 0.6 is 0 Å². The van der Waals surface area contributed by atoms with E-state index in [9.17, 15) is 0 Å². The minimum Gasteiger partial charge on any atom is -0.426 e. The average molecular weight is 487 g/mol. The number of hydrogen-bond donors (Lipinski definition) is 0. The van der Waals surface area contributed by atoms with Crippen LogP contribution in [0.2, 0.25) is 26.2 Å². The van der Waals surface area contributed by atoms with Gasteiger partial charge in [0.15, 0.2) is 0 Å². The molecule has 0 unspecified atom stereocenters. The van der Waals surface area contributed by atoms with Gasteiger partial charge in [-0.25, -0.2) is 0 Å². The van der Waals surface area contributed by atoms with Gasteiger partial charge in [-0.05, 0) is 43.0 Å². The Morgan fingerprint density at radius 1 is 0.656 bits per heavy atom. The van der Waals surface area contributed by atoms with E-state index < -0.39 is 25.2 Å². The fourth-order valence-corrected chi connectivity index (χ4v) is 10.7. The molecule has 0 fully saturated rings. The summed E-state index contributed by atoms with van der Waals surface area (Å²) in [6.45, 7) is 18.8. The Kier molecular flexibility index (Phi) is 10.5. The third-order valence-electron chi connectivity index (χ3n) is 5.14. The van der Waals surface area contributed by atoms with Gasteiger partial charge in [0.05, 0.1) is 13.2 Å². The largest absolute Gasteiger partial charge is 0.426 e.